The van der Waals surface area contributed by atoms with Gasteiger partial charge in [-0.2, -0.15) is 0 Å². The van der Waals surface area contributed by atoms with E-state index >= 15 is 0 Å². The predicted octanol–water partition coefficient (Wildman–Crippen LogP) is 4.10. The molecule has 0 radical (unpaired) electrons. The minimum atomic E-state index is -4.82. The maximum atomic E-state index is 14.4. The molecule has 146 valence electrons. The van der Waals surface area contributed by atoms with E-state index in [9.17, 15) is 26.0 Å². The lowest BCUT2D eigenvalue weighted by molar-refractivity contribution is -0.274. The number of nitrogens with zero attached hydrogens (tertiary/aromatic N) is 1. The minimum absolute atomic E-state index is 0.106. The van der Waals surface area contributed by atoms with E-state index < -0.39 is 28.0 Å². The van der Waals surface area contributed by atoms with Gasteiger partial charge in [0.1, 0.15) is 11.6 Å². The largest absolute Gasteiger partial charge is 0.573 e. The molecule has 0 atom stereocenters. The summed E-state index contributed by atoms with van der Waals surface area (Å²) in [4.78, 5) is 3.81. The number of aromatic nitrogens is 1. The van der Waals surface area contributed by atoms with Gasteiger partial charge >= 0.3 is 6.36 Å². The molecule has 10 heteroatoms. The Kier molecular flexibility index (Phi) is 5.09. The number of halogens is 4. The highest BCUT2D eigenvalue weighted by molar-refractivity contribution is 7.89. The van der Waals surface area contributed by atoms with Crippen LogP contribution in [0.3, 0.4) is 0 Å². The van der Waals surface area contributed by atoms with E-state index in [1.807, 2.05) is 0 Å². The van der Waals surface area contributed by atoms with Gasteiger partial charge in [0.05, 0.1) is 10.6 Å². The van der Waals surface area contributed by atoms with Gasteiger partial charge in [-0.05, 0) is 42.0 Å². The Bertz CT molecular complexity index is 1110. The lowest BCUT2D eigenvalue weighted by Crippen LogP contribution is -2.16. The topological polar surface area (TPSA) is 82.3 Å². The SMILES string of the molecule is NS(=O)(=O)c1ccc(F)c(-c2ncccc2-c2ccc(OC(F)(F)F)cc2)c1. The summed E-state index contributed by atoms with van der Waals surface area (Å²) < 4.78 is 78.2. The van der Waals surface area contributed by atoms with Gasteiger partial charge in [0.25, 0.3) is 0 Å². The first-order valence-electron chi connectivity index (χ1n) is 7.68. The molecule has 3 rings (SSSR count). The summed E-state index contributed by atoms with van der Waals surface area (Å²) in [6.45, 7) is 0. The van der Waals surface area contributed by atoms with Crippen molar-refractivity contribution in [1.29, 1.82) is 0 Å². The smallest absolute Gasteiger partial charge is 0.406 e. The van der Waals surface area contributed by atoms with Crippen molar-refractivity contribution < 1.29 is 30.7 Å². The van der Waals surface area contributed by atoms with Crippen LogP contribution in [0.2, 0.25) is 0 Å². The molecular weight excluding hydrogens is 400 g/mol. The van der Waals surface area contributed by atoms with Crippen LogP contribution in [-0.4, -0.2) is 19.8 Å². The Morgan fingerprint density at radius 3 is 2.25 bits per heavy atom. The predicted molar refractivity (Wildman–Crippen MR) is 93.1 cm³/mol. The second-order valence-corrected chi connectivity index (χ2v) is 7.22. The van der Waals surface area contributed by atoms with E-state index in [4.69, 9.17) is 5.14 Å². The van der Waals surface area contributed by atoms with E-state index in [2.05, 4.69) is 9.72 Å². The number of sulfonamides is 1. The van der Waals surface area contributed by atoms with Crippen molar-refractivity contribution in [2.45, 2.75) is 11.3 Å². The average molecular weight is 412 g/mol. The van der Waals surface area contributed by atoms with Crippen molar-refractivity contribution in [1.82, 2.24) is 4.98 Å². The quantitative estimate of drug-likeness (QED) is 0.654. The number of nitrogens with two attached hydrogens (primary N) is 1. The molecule has 0 saturated heterocycles. The minimum Gasteiger partial charge on any atom is -0.406 e. The number of benzene rings is 2. The van der Waals surface area contributed by atoms with Crippen molar-refractivity contribution in [3.8, 4) is 28.1 Å². The molecule has 0 bridgehead atoms. The van der Waals surface area contributed by atoms with Crippen LogP contribution in [0.5, 0.6) is 5.75 Å². The molecule has 28 heavy (non-hydrogen) atoms. The molecule has 5 nitrogen and oxygen atoms in total. The zero-order valence-electron chi connectivity index (χ0n) is 13.9. The van der Waals surface area contributed by atoms with Crippen LogP contribution in [0, 0.1) is 5.82 Å². The van der Waals surface area contributed by atoms with Crippen molar-refractivity contribution in [2.24, 2.45) is 5.14 Å². The first-order chi connectivity index (χ1) is 13.0. The Labute approximate surface area is 157 Å². The van der Waals surface area contributed by atoms with Crippen LogP contribution < -0.4 is 9.88 Å². The van der Waals surface area contributed by atoms with Crippen LogP contribution >= 0.6 is 0 Å². The second kappa shape index (κ2) is 7.21. The Balaban J connectivity index is 2.08. The van der Waals surface area contributed by atoms with E-state index in [1.54, 1.807) is 12.1 Å². The molecule has 2 N–H and O–H groups in total. The summed E-state index contributed by atoms with van der Waals surface area (Å²) in [5.74, 6) is -1.14. The zero-order chi connectivity index (χ0) is 20.5. The number of primary sulfonamides is 1. The molecule has 0 aliphatic rings. The maximum Gasteiger partial charge on any atom is 0.573 e. The number of hydrogen-bond acceptors (Lipinski definition) is 4. The third-order valence-corrected chi connectivity index (χ3v) is 4.64. The molecule has 2 aromatic carbocycles. The summed E-state index contributed by atoms with van der Waals surface area (Å²) in [6.07, 6.45) is -3.44. The Morgan fingerprint density at radius 1 is 0.964 bits per heavy atom. The highest BCUT2D eigenvalue weighted by Crippen LogP contribution is 2.34. The Morgan fingerprint density at radius 2 is 1.64 bits per heavy atom. The molecule has 0 saturated carbocycles. The number of pyridine rings is 1. The van der Waals surface area contributed by atoms with Gasteiger partial charge in [0.15, 0.2) is 0 Å². The van der Waals surface area contributed by atoms with Crippen molar-refractivity contribution in [3.05, 3.63) is 66.6 Å². The van der Waals surface area contributed by atoms with Crippen LogP contribution in [0.25, 0.3) is 22.4 Å². The molecule has 0 fully saturated rings. The van der Waals surface area contributed by atoms with E-state index in [0.29, 0.717) is 11.1 Å². The van der Waals surface area contributed by atoms with E-state index in [1.165, 1.54) is 18.3 Å². The zero-order valence-corrected chi connectivity index (χ0v) is 14.8. The number of alkyl halides is 3. The van der Waals surface area contributed by atoms with Gasteiger partial charge in [0.2, 0.25) is 10.0 Å². The molecule has 0 aliphatic carbocycles. The van der Waals surface area contributed by atoms with Gasteiger partial charge in [-0.3, -0.25) is 4.98 Å². The molecule has 0 aliphatic heterocycles. The van der Waals surface area contributed by atoms with Gasteiger partial charge in [-0.15, -0.1) is 13.2 Å². The third-order valence-electron chi connectivity index (χ3n) is 3.73. The lowest BCUT2D eigenvalue weighted by Gasteiger charge is -2.12. The second-order valence-electron chi connectivity index (χ2n) is 5.66. The summed E-state index contributed by atoms with van der Waals surface area (Å²) in [7, 11) is -4.07. The lowest BCUT2D eigenvalue weighted by atomic mass is 9.99. The fourth-order valence-electron chi connectivity index (χ4n) is 2.55. The van der Waals surface area contributed by atoms with Crippen LogP contribution in [0.4, 0.5) is 17.6 Å². The van der Waals surface area contributed by atoms with Crippen molar-refractivity contribution in [3.63, 3.8) is 0 Å². The molecule has 3 aromatic rings. The molecule has 0 spiro atoms. The van der Waals surface area contributed by atoms with Crippen LogP contribution in [0.15, 0.2) is 65.7 Å². The van der Waals surface area contributed by atoms with Gasteiger partial charge < -0.3 is 4.74 Å². The molecule has 0 unspecified atom stereocenters. The van der Waals surface area contributed by atoms with Gasteiger partial charge in [-0.25, -0.2) is 17.9 Å². The highest BCUT2D eigenvalue weighted by Gasteiger charge is 2.31. The van der Waals surface area contributed by atoms with Crippen LogP contribution in [0.1, 0.15) is 0 Å². The number of rotatable bonds is 4. The van der Waals surface area contributed by atoms with Crippen molar-refractivity contribution in [2.75, 3.05) is 0 Å². The van der Waals surface area contributed by atoms with Gasteiger partial charge in [-0.1, -0.05) is 18.2 Å². The molecule has 0 amide bonds. The van der Waals surface area contributed by atoms with E-state index in [0.717, 1.165) is 30.3 Å². The molecule has 1 heterocycles. The van der Waals surface area contributed by atoms with Crippen molar-refractivity contribution >= 4 is 10.0 Å². The van der Waals surface area contributed by atoms with Crippen LogP contribution in [-0.2, 0) is 10.0 Å². The standard InChI is InChI=1S/C18H12F4N2O3S/c19-16-8-7-13(28(23,25)26)10-15(16)17-14(2-1-9-24-17)11-3-5-12(6-4-11)27-18(20,21)22/h1-10H,(H2,23,25,26). The first kappa shape index (κ1) is 19.8. The summed E-state index contributed by atoms with van der Waals surface area (Å²) in [5.41, 5.74) is 0.803. The summed E-state index contributed by atoms with van der Waals surface area (Å²) >= 11 is 0. The normalized spacial score (nSPS) is 12.0. The average Bonchev–Trinajstić information content (AvgIpc) is 2.60. The summed E-state index contributed by atoms with van der Waals surface area (Å²) in [5, 5.41) is 5.09. The van der Waals surface area contributed by atoms with E-state index in [-0.39, 0.29) is 16.2 Å². The fourth-order valence-corrected chi connectivity index (χ4v) is 3.09. The maximum absolute atomic E-state index is 14.4. The Hall–Kier alpha value is -2.98. The molecular formula is C18H12F4N2O3S. The number of ether oxygens (including phenoxy) is 1. The first-order valence-corrected chi connectivity index (χ1v) is 9.23. The molecule has 1 aromatic heterocycles. The third kappa shape index (κ3) is 4.46. The monoisotopic (exact) mass is 412 g/mol. The summed E-state index contributed by atoms with van der Waals surface area (Å²) in [6, 6.07) is 11.1. The van der Waals surface area contributed by atoms with Gasteiger partial charge in [0, 0.05) is 17.3 Å². The number of hydrogen-bond donors (Lipinski definition) is 1. The fraction of sp³-hybridized carbons (Fsp3) is 0.0556. The highest BCUT2D eigenvalue weighted by atomic mass is 32.2.